The summed E-state index contributed by atoms with van der Waals surface area (Å²) in [6.07, 6.45) is 1.98. The van der Waals surface area contributed by atoms with E-state index in [0.717, 1.165) is 18.4 Å². The lowest BCUT2D eigenvalue weighted by molar-refractivity contribution is -0.119. The molecule has 1 saturated carbocycles. The van der Waals surface area contributed by atoms with E-state index >= 15 is 0 Å². The lowest BCUT2D eigenvalue weighted by Gasteiger charge is -2.22. The summed E-state index contributed by atoms with van der Waals surface area (Å²) in [6, 6.07) is 9.82. The van der Waals surface area contributed by atoms with Crippen LogP contribution in [0.25, 0.3) is 11.4 Å². The van der Waals surface area contributed by atoms with Gasteiger partial charge in [-0.15, -0.1) is 10.2 Å². The number of nitrogens with zero attached hydrogens (tertiary/aromatic N) is 4. The predicted molar refractivity (Wildman–Crippen MR) is 98.6 cm³/mol. The van der Waals surface area contributed by atoms with E-state index in [4.69, 9.17) is 4.74 Å². The molecule has 1 fully saturated rings. The molecule has 1 aliphatic carbocycles. The van der Waals surface area contributed by atoms with Gasteiger partial charge in [-0.1, -0.05) is 23.9 Å². The predicted octanol–water partition coefficient (Wildman–Crippen LogP) is 2.39. The van der Waals surface area contributed by atoms with Crippen LogP contribution in [0.4, 0.5) is 0 Å². The number of ether oxygens (including phenoxy) is 1. The minimum Gasteiger partial charge on any atom is -0.496 e. The summed E-state index contributed by atoms with van der Waals surface area (Å²) < 4.78 is 7.21. The number of nitrogens with one attached hydrogen (secondary N) is 1. The molecule has 26 heavy (non-hydrogen) atoms. The molecule has 7 nitrogen and oxygen atoms in total. The number of hydrogen-bond acceptors (Lipinski definition) is 6. The minimum absolute atomic E-state index is 0.173. The van der Waals surface area contributed by atoms with Crippen LogP contribution in [0.1, 0.15) is 19.8 Å². The maximum atomic E-state index is 12.3. The summed E-state index contributed by atoms with van der Waals surface area (Å²) in [5, 5.41) is 21.2. The highest BCUT2D eigenvalue weighted by Gasteiger charge is 2.42. The molecule has 1 amide bonds. The van der Waals surface area contributed by atoms with E-state index in [9.17, 15) is 10.1 Å². The molecule has 0 bridgehead atoms. The smallest absolute Gasteiger partial charge is 0.231 e. The fourth-order valence-corrected chi connectivity index (χ4v) is 3.55. The van der Waals surface area contributed by atoms with Crippen LogP contribution in [0, 0.1) is 17.2 Å². The van der Waals surface area contributed by atoms with Gasteiger partial charge in [-0.3, -0.25) is 4.79 Å². The number of rotatable bonds is 7. The molecule has 2 aromatic rings. The van der Waals surface area contributed by atoms with Crippen LogP contribution in [0.5, 0.6) is 5.75 Å². The van der Waals surface area contributed by atoms with Crippen LogP contribution < -0.4 is 10.1 Å². The van der Waals surface area contributed by atoms with Gasteiger partial charge in [-0.25, -0.2) is 0 Å². The number of benzene rings is 1. The van der Waals surface area contributed by atoms with E-state index < -0.39 is 5.54 Å². The monoisotopic (exact) mass is 371 g/mol. The Labute approximate surface area is 156 Å². The first-order valence-electron chi connectivity index (χ1n) is 8.36. The third-order valence-corrected chi connectivity index (χ3v) is 5.56. The Balaban J connectivity index is 1.67. The molecule has 1 N–H and O–H groups in total. The van der Waals surface area contributed by atoms with Gasteiger partial charge < -0.3 is 14.6 Å². The van der Waals surface area contributed by atoms with Crippen LogP contribution in [-0.4, -0.2) is 39.1 Å². The summed E-state index contributed by atoms with van der Waals surface area (Å²) in [5.41, 5.74) is 0.0622. The number of carbonyl (C=O) groups excluding carboxylic acids is 1. The largest absolute Gasteiger partial charge is 0.496 e. The fraction of sp³-hybridized carbons (Fsp3) is 0.444. The van der Waals surface area contributed by atoms with Crippen LogP contribution in [0.15, 0.2) is 29.4 Å². The number of aromatic nitrogens is 3. The summed E-state index contributed by atoms with van der Waals surface area (Å²) in [5.74, 6) is 1.65. The lowest BCUT2D eigenvalue weighted by Crippen LogP contribution is -2.47. The van der Waals surface area contributed by atoms with E-state index in [1.807, 2.05) is 35.9 Å². The minimum atomic E-state index is -0.778. The van der Waals surface area contributed by atoms with Crippen molar-refractivity contribution in [3.63, 3.8) is 0 Å². The van der Waals surface area contributed by atoms with Gasteiger partial charge in [0, 0.05) is 7.05 Å². The number of nitriles is 1. The SMILES string of the molecule is COc1ccccc1-c1nnc(SCC(=O)NC(C)(C#N)C2CC2)n1C. The molecule has 0 aliphatic heterocycles. The molecule has 1 aromatic heterocycles. The van der Waals surface area contributed by atoms with Crippen molar-refractivity contribution in [1.82, 2.24) is 20.1 Å². The normalized spacial score (nSPS) is 15.8. The lowest BCUT2D eigenvalue weighted by atomic mass is 9.98. The van der Waals surface area contributed by atoms with Crippen LogP contribution in [0.3, 0.4) is 0 Å². The van der Waals surface area contributed by atoms with Crippen molar-refractivity contribution in [2.45, 2.75) is 30.5 Å². The molecular weight excluding hydrogens is 350 g/mol. The van der Waals surface area contributed by atoms with E-state index in [1.165, 1.54) is 11.8 Å². The van der Waals surface area contributed by atoms with Crippen LogP contribution in [0.2, 0.25) is 0 Å². The second-order valence-electron chi connectivity index (χ2n) is 6.49. The average molecular weight is 371 g/mol. The van der Waals surface area contributed by atoms with Crippen molar-refractivity contribution >= 4 is 17.7 Å². The van der Waals surface area contributed by atoms with Gasteiger partial charge in [0.05, 0.1) is 24.5 Å². The van der Waals surface area contributed by atoms with Crippen molar-refractivity contribution in [2.75, 3.05) is 12.9 Å². The number of amides is 1. The van der Waals surface area contributed by atoms with Gasteiger partial charge in [0.15, 0.2) is 11.0 Å². The van der Waals surface area contributed by atoms with Crippen molar-refractivity contribution in [3.8, 4) is 23.2 Å². The van der Waals surface area contributed by atoms with Crippen LogP contribution in [-0.2, 0) is 11.8 Å². The van der Waals surface area contributed by atoms with Gasteiger partial charge in [0.1, 0.15) is 11.3 Å². The van der Waals surface area contributed by atoms with E-state index in [-0.39, 0.29) is 17.6 Å². The quantitative estimate of drug-likeness (QED) is 0.751. The van der Waals surface area contributed by atoms with Gasteiger partial charge in [-0.2, -0.15) is 5.26 Å². The highest BCUT2D eigenvalue weighted by Crippen LogP contribution is 2.39. The standard InChI is InChI=1S/C18H21N5O2S/c1-18(11-19,12-8-9-12)20-15(24)10-26-17-22-21-16(23(17)2)13-6-4-5-7-14(13)25-3/h4-7,12H,8-10H2,1-3H3,(H,20,24). The first-order valence-corrected chi connectivity index (χ1v) is 9.35. The molecule has 0 spiro atoms. The Kier molecular flexibility index (Phi) is 5.18. The number of hydrogen-bond donors (Lipinski definition) is 1. The molecule has 3 rings (SSSR count). The van der Waals surface area contributed by atoms with E-state index in [1.54, 1.807) is 14.0 Å². The van der Waals surface area contributed by atoms with Crippen molar-refractivity contribution in [3.05, 3.63) is 24.3 Å². The average Bonchev–Trinajstić information content (AvgIpc) is 3.44. The third-order valence-electron chi connectivity index (χ3n) is 4.54. The third kappa shape index (κ3) is 3.68. The molecule has 136 valence electrons. The summed E-state index contributed by atoms with van der Waals surface area (Å²) in [4.78, 5) is 12.3. The molecule has 1 aromatic carbocycles. The topological polar surface area (TPSA) is 92.8 Å². The maximum absolute atomic E-state index is 12.3. The Morgan fingerprint density at radius 2 is 2.19 bits per heavy atom. The maximum Gasteiger partial charge on any atom is 0.231 e. The second-order valence-corrected chi connectivity index (χ2v) is 7.43. The number of para-hydroxylation sites is 1. The molecular formula is C18H21N5O2S. The highest BCUT2D eigenvalue weighted by molar-refractivity contribution is 7.99. The van der Waals surface area contributed by atoms with Crippen molar-refractivity contribution < 1.29 is 9.53 Å². The molecule has 0 saturated heterocycles. The second kappa shape index (κ2) is 7.38. The number of carbonyl (C=O) groups is 1. The van der Waals surface area contributed by atoms with Gasteiger partial charge in [-0.05, 0) is 37.8 Å². The van der Waals surface area contributed by atoms with Gasteiger partial charge >= 0.3 is 0 Å². The summed E-state index contributed by atoms with van der Waals surface area (Å²) in [7, 11) is 3.47. The Morgan fingerprint density at radius 3 is 2.85 bits per heavy atom. The first-order chi connectivity index (χ1) is 12.5. The van der Waals surface area contributed by atoms with E-state index in [0.29, 0.717) is 16.7 Å². The van der Waals surface area contributed by atoms with E-state index in [2.05, 4.69) is 21.6 Å². The zero-order chi connectivity index (χ0) is 18.7. The molecule has 0 radical (unpaired) electrons. The molecule has 1 unspecified atom stereocenters. The fourth-order valence-electron chi connectivity index (χ4n) is 2.84. The number of methoxy groups -OCH3 is 1. The molecule has 8 heteroatoms. The zero-order valence-electron chi connectivity index (χ0n) is 15.0. The number of thioether (sulfide) groups is 1. The first kappa shape index (κ1) is 18.3. The summed E-state index contributed by atoms with van der Waals surface area (Å²) >= 11 is 1.29. The van der Waals surface area contributed by atoms with Crippen molar-refractivity contribution in [2.24, 2.45) is 13.0 Å². The molecule has 1 atom stereocenters. The summed E-state index contributed by atoms with van der Waals surface area (Å²) in [6.45, 7) is 1.79. The Bertz CT molecular complexity index is 856. The van der Waals surface area contributed by atoms with Crippen molar-refractivity contribution in [1.29, 1.82) is 5.26 Å². The molecule has 1 aliphatic rings. The highest BCUT2D eigenvalue weighted by atomic mass is 32.2. The van der Waals surface area contributed by atoms with Gasteiger partial charge in [0.2, 0.25) is 5.91 Å². The Hall–Kier alpha value is -2.53. The molecule has 1 heterocycles. The van der Waals surface area contributed by atoms with Crippen LogP contribution >= 0.6 is 11.8 Å². The zero-order valence-corrected chi connectivity index (χ0v) is 15.8. The Morgan fingerprint density at radius 1 is 1.46 bits per heavy atom. The van der Waals surface area contributed by atoms with Gasteiger partial charge in [0.25, 0.3) is 0 Å².